The highest BCUT2D eigenvalue weighted by molar-refractivity contribution is 5.37. The normalized spacial score (nSPS) is 10.5. The van der Waals surface area contributed by atoms with Gasteiger partial charge >= 0.3 is 0 Å². The lowest BCUT2D eigenvalue weighted by Gasteiger charge is -2.12. The summed E-state index contributed by atoms with van der Waals surface area (Å²) in [6.07, 6.45) is 5.36. The largest absolute Gasteiger partial charge is 0.486 e. The van der Waals surface area contributed by atoms with E-state index in [-0.39, 0.29) is 12.6 Å². The molecule has 118 valence electrons. The molecular weight excluding hydrogens is 294 g/mol. The molecule has 0 saturated carbocycles. The number of rotatable bonds is 5. The molecule has 0 fully saturated rings. The maximum Gasteiger partial charge on any atom is 0.230 e. The summed E-state index contributed by atoms with van der Waals surface area (Å²) in [6, 6.07) is 7.66. The number of hydrogen-bond acceptors (Lipinski definition) is 7. The quantitative estimate of drug-likeness (QED) is 0.758. The fraction of sp³-hybridized carbons (Fsp3) is 0.200. The number of nitrogens with two attached hydrogens (primary N) is 1. The number of nitrogens with zero attached hydrogens (tertiary/aromatic N) is 6. The van der Waals surface area contributed by atoms with Crippen LogP contribution in [0, 0.1) is 0 Å². The molecular formula is C15H17N7O. The monoisotopic (exact) mass is 311 g/mol. The molecule has 0 aliphatic carbocycles. The highest BCUT2D eigenvalue weighted by atomic mass is 16.5. The summed E-state index contributed by atoms with van der Waals surface area (Å²) >= 11 is 0. The third kappa shape index (κ3) is 3.54. The summed E-state index contributed by atoms with van der Waals surface area (Å²) in [4.78, 5) is 18.2. The average Bonchev–Trinajstić information content (AvgIpc) is 3.07. The molecule has 1 aromatic carbocycles. The smallest absolute Gasteiger partial charge is 0.230 e. The molecule has 0 unspecified atom stereocenters. The Labute approximate surface area is 133 Å². The minimum absolute atomic E-state index is 0.178. The van der Waals surface area contributed by atoms with Crippen molar-refractivity contribution in [3.63, 3.8) is 0 Å². The van der Waals surface area contributed by atoms with Gasteiger partial charge in [0.25, 0.3) is 0 Å². The van der Waals surface area contributed by atoms with Crippen LogP contribution in [0.2, 0.25) is 0 Å². The first-order valence-electron chi connectivity index (χ1n) is 7.01. The number of anilines is 2. The van der Waals surface area contributed by atoms with Crippen LogP contribution in [0.4, 0.5) is 11.9 Å². The minimum Gasteiger partial charge on any atom is -0.486 e. The summed E-state index contributed by atoms with van der Waals surface area (Å²) in [6.45, 7) is 0.220. The first-order valence-corrected chi connectivity index (χ1v) is 7.01. The van der Waals surface area contributed by atoms with Crippen molar-refractivity contribution in [1.29, 1.82) is 0 Å². The second kappa shape index (κ2) is 6.30. The average molecular weight is 311 g/mol. The molecule has 0 saturated heterocycles. The molecule has 2 heterocycles. The van der Waals surface area contributed by atoms with Crippen LogP contribution < -0.4 is 15.4 Å². The lowest BCUT2D eigenvalue weighted by Crippen LogP contribution is -2.16. The highest BCUT2D eigenvalue weighted by Gasteiger charge is 2.07. The van der Waals surface area contributed by atoms with Crippen LogP contribution in [0.25, 0.3) is 5.69 Å². The first-order chi connectivity index (χ1) is 11.1. The van der Waals surface area contributed by atoms with E-state index in [1.165, 1.54) is 0 Å². The molecule has 8 heteroatoms. The lowest BCUT2D eigenvalue weighted by atomic mass is 10.3. The maximum atomic E-state index is 5.70. The Hall–Kier alpha value is -3.16. The van der Waals surface area contributed by atoms with Crippen LogP contribution >= 0.6 is 0 Å². The number of nitrogen functional groups attached to an aromatic ring is 1. The first kappa shape index (κ1) is 14.8. The van der Waals surface area contributed by atoms with Gasteiger partial charge in [0.05, 0.1) is 6.33 Å². The van der Waals surface area contributed by atoms with Crippen LogP contribution in [0.3, 0.4) is 0 Å². The van der Waals surface area contributed by atoms with Gasteiger partial charge < -0.3 is 19.9 Å². The minimum atomic E-state index is 0.178. The van der Waals surface area contributed by atoms with Gasteiger partial charge in [0.15, 0.2) is 5.82 Å². The summed E-state index contributed by atoms with van der Waals surface area (Å²) in [5.74, 6) is 1.89. The van der Waals surface area contributed by atoms with Crippen molar-refractivity contribution in [1.82, 2.24) is 24.5 Å². The van der Waals surface area contributed by atoms with E-state index in [4.69, 9.17) is 10.5 Å². The molecule has 3 rings (SSSR count). The number of ether oxygens (including phenoxy) is 1. The Bertz CT molecular complexity index is 769. The van der Waals surface area contributed by atoms with Gasteiger partial charge in [0, 0.05) is 32.2 Å². The van der Waals surface area contributed by atoms with Crippen molar-refractivity contribution >= 4 is 11.9 Å². The number of imidazole rings is 1. The van der Waals surface area contributed by atoms with E-state index >= 15 is 0 Å². The molecule has 2 aromatic heterocycles. The van der Waals surface area contributed by atoms with Gasteiger partial charge in [-0.1, -0.05) is 0 Å². The zero-order valence-corrected chi connectivity index (χ0v) is 12.9. The predicted octanol–water partition coefficient (Wildman–Crippen LogP) is 1.28. The van der Waals surface area contributed by atoms with Gasteiger partial charge in [-0.25, -0.2) is 4.98 Å². The molecule has 3 aromatic rings. The fourth-order valence-electron chi connectivity index (χ4n) is 1.96. The van der Waals surface area contributed by atoms with Crippen LogP contribution in [-0.2, 0) is 6.61 Å². The van der Waals surface area contributed by atoms with Crippen molar-refractivity contribution in [2.45, 2.75) is 6.61 Å². The SMILES string of the molecule is CN(C)c1nc(N)nc(COc2ccc(-n3ccnc3)cc2)n1. The Morgan fingerprint density at radius 3 is 2.57 bits per heavy atom. The summed E-state index contributed by atoms with van der Waals surface area (Å²) in [5, 5.41) is 0. The predicted molar refractivity (Wildman–Crippen MR) is 86.5 cm³/mol. The highest BCUT2D eigenvalue weighted by Crippen LogP contribution is 2.16. The maximum absolute atomic E-state index is 5.70. The van der Waals surface area contributed by atoms with Crippen LogP contribution in [-0.4, -0.2) is 38.6 Å². The third-order valence-electron chi connectivity index (χ3n) is 3.09. The van der Waals surface area contributed by atoms with Crippen LogP contribution in [0.1, 0.15) is 5.82 Å². The number of aromatic nitrogens is 5. The fourth-order valence-corrected chi connectivity index (χ4v) is 1.96. The van der Waals surface area contributed by atoms with Crippen LogP contribution in [0.5, 0.6) is 5.75 Å². The molecule has 0 radical (unpaired) electrons. The molecule has 2 N–H and O–H groups in total. The Kier molecular flexibility index (Phi) is 4.05. The van der Waals surface area contributed by atoms with Crippen molar-refractivity contribution in [2.75, 3.05) is 24.7 Å². The zero-order valence-electron chi connectivity index (χ0n) is 12.9. The van der Waals surface area contributed by atoms with E-state index in [2.05, 4.69) is 19.9 Å². The van der Waals surface area contributed by atoms with E-state index in [0.29, 0.717) is 11.8 Å². The molecule has 23 heavy (non-hydrogen) atoms. The van der Waals surface area contributed by atoms with Crippen molar-refractivity contribution < 1.29 is 4.74 Å². The topological polar surface area (TPSA) is 95.0 Å². The Morgan fingerprint density at radius 2 is 1.91 bits per heavy atom. The second-order valence-electron chi connectivity index (χ2n) is 5.06. The van der Waals surface area contributed by atoms with Gasteiger partial charge in [0.2, 0.25) is 11.9 Å². The van der Waals surface area contributed by atoms with Crippen molar-refractivity contribution in [3.05, 3.63) is 48.8 Å². The van der Waals surface area contributed by atoms with Crippen molar-refractivity contribution in [2.24, 2.45) is 0 Å². The number of hydrogen-bond donors (Lipinski definition) is 1. The molecule has 0 amide bonds. The lowest BCUT2D eigenvalue weighted by molar-refractivity contribution is 0.295. The van der Waals surface area contributed by atoms with Gasteiger partial charge in [0.1, 0.15) is 12.4 Å². The summed E-state index contributed by atoms with van der Waals surface area (Å²) in [7, 11) is 3.68. The van der Waals surface area contributed by atoms with E-state index in [9.17, 15) is 0 Å². The van der Waals surface area contributed by atoms with Gasteiger partial charge in [-0.05, 0) is 24.3 Å². The summed E-state index contributed by atoms with van der Waals surface area (Å²) in [5.41, 5.74) is 6.70. The van der Waals surface area contributed by atoms with E-state index < -0.39 is 0 Å². The molecule has 0 spiro atoms. The standard InChI is InChI=1S/C15H17N7O/c1-21(2)15-19-13(18-14(16)20-15)9-23-12-5-3-11(4-6-12)22-8-7-17-10-22/h3-8,10H,9H2,1-2H3,(H2,16,18,19,20). The van der Waals surface area contributed by atoms with Crippen LogP contribution in [0.15, 0.2) is 43.0 Å². The van der Waals surface area contributed by atoms with Gasteiger partial charge in [-0.2, -0.15) is 15.0 Å². The van der Waals surface area contributed by atoms with Crippen molar-refractivity contribution in [3.8, 4) is 11.4 Å². The van der Waals surface area contributed by atoms with E-state index in [1.807, 2.05) is 49.1 Å². The Balaban J connectivity index is 1.69. The Morgan fingerprint density at radius 1 is 1.13 bits per heavy atom. The van der Waals surface area contributed by atoms with E-state index in [1.54, 1.807) is 17.4 Å². The van der Waals surface area contributed by atoms with Gasteiger partial charge in [-0.15, -0.1) is 0 Å². The third-order valence-corrected chi connectivity index (χ3v) is 3.09. The summed E-state index contributed by atoms with van der Waals surface area (Å²) < 4.78 is 7.62. The second-order valence-corrected chi connectivity index (χ2v) is 5.06. The zero-order chi connectivity index (χ0) is 16.2. The molecule has 0 atom stereocenters. The van der Waals surface area contributed by atoms with E-state index in [0.717, 1.165) is 11.4 Å². The molecule has 0 aliphatic heterocycles. The molecule has 0 bridgehead atoms. The van der Waals surface area contributed by atoms with Gasteiger partial charge in [-0.3, -0.25) is 0 Å². The molecule has 0 aliphatic rings. The number of benzene rings is 1. The molecule has 8 nitrogen and oxygen atoms in total.